The molecule has 2 heteroatoms. The van der Waals surface area contributed by atoms with E-state index in [1.807, 2.05) is 7.05 Å². The van der Waals surface area contributed by atoms with Crippen LogP contribution in [0.15, 0.2) is 0 Å². The minimum absolute atomic E-state index is 0. The molecule has 0 aromatic carbocycles. The van der Waals surface area contributed by atoms with E-state index in [1.165, 1.54) is 19.4 Å². The van der Waals surface area contributed by atoms with Gasteiger partial charge in [0.15, 0.2) is 0 Å². The molecule has 1 saturated heterocycles. The van der Waals surface area contributed by atoms with Gasteiger partial charge in [-0.1, -0.05) is 0 Å². The van der Waals surface area contributed by atoms with Crippen LogP contribution < -0.4 is 5.32 Å². The van der Waals surface area contributed by atoms with Crippen LogP contribution in [0.2, 0.25) is 0 Å². The Hall–Kier alpha value is -0.0800. The van der Waals surface area contributed by atoms with Crippen molar-refractivity contribution in [1.29, 1.82) is 0 Å². The predicted octanol–water partition coefficient (Wildman–Crippen LogP) is 0.546. The molecule has 0 bridgehead atoms. The third-order valence-corrected chi connectivity index (χ3v) is 2.11. The Balaban J connectivity index is 0.000000810. The summed E-state index contributed by atoms with van der Waals surface area (Å²) in [5.41, 5.74) is 0. The van der Waals surface area contributed by atoms with Gasteiger partial charge in [-0.3, -0.25) is 0 Å². The first-order chi connectivity index (χ1) is 4.34. The Bertz CT molecular complexity index is 87.7. The monoisotopic (exact) mass is 130 g/mol. The van der Waals surface area contributed by atoms with E-state index in [9.17, 15) is 0 Å². The van der Waals surface area contributed by atoms with Crippen molar-refractivity contribution in [3.05, 3.63) is 0 Å². The first kappa shape index (κ1) is 7.03. The molecule has 2 nitrogen and oxygen atoms in total. The number of rotatable bonds is 2. The Kier molecular flexibility index (Phi) is 2.49. The van der Waals surface area contributed by atoms with Crippen LogP contribution in [0.3, 0.4) is 0 Å². The summed E-state index contributed by atoms with van der Waals surface area (Å²) in [5.74, 6) is 0. The van der Waals surface area contributed by atoms with Crippen molar-refractivity contribution in [2.45, 2.75) is 18.9 Å². The highest BCUT2D eigenvalue weighted by Crippen LogP contribution is 2.12. The highest BCUT2D eigenvalue weighted by atomic mass is 15.2. The second-order valence-electron chi connectivity index (χ2n) is 2.83. The summed E-state index contributed by atoms with van der Waals surface area (Å²) in [6.45, 7) is 2.43. The van der Waals surface area contributed by atoms with Gasteiger partial charge in [0.25, 0.3) is 0 Å². The van der Waals surface area contributed by atoms with Gasteiger partial charge in [0.2, 0.25) is 0 Å². The number of hydrogen-bond acceptors (Lipinski definition) is 2. The van der Waals surface area contributed by atoms with E-state index in [2.05, 4.69) is 17.3 Å². The van der Waals surface area contributed by atoms with Crippen molar-refractivity contribution in [3.63, 3.8) is 0 Å². The zero-order valence-electron chi connectivity index (χ0n) is 6.35. The molecule has 1 aliphatic heterocycles. The molecule has 0 saturated carbocycles. The molecular weight excluding hydrogens is 112 g/mol. The Morgan fingerprint density at radius 1 is 1.78 bits per heavy atom. The quantitative estimate of drug-likeness (QED) is 0.587. The molecule has 1 fully saturated rings. The fraction of sp³-hybridized carbons (Fsp3) is 1.00. The topological polar surface area (TPSA) is 15.3 Å². The average Bonchev–Trinajstić information content (AvgIpc) is 2.18. The van der Waals surface area contributed by atoms with Crippen LogP contribution in [0.1, 0.15) is 14.3 Å². The number of likely N-dealkylation sites (N-methyl/N-ethyl adjacent to an activating group) is 2. The van der Waals surface area contributed by atoms with E-state index in [4.69, 9.17) is 0 Å². The molecule has 0 amide bonds. The van der Waals surface area contributed by atoms with Crippen LogP contribution in [0, 0.1) is 0 Å². The van der Waals surface area contributed by atoms with Crippen molar-refractivity contribution in [2.75, 3.05) is 27.2 Å². The zero-order chi connectivity index (χ0) is 6.69. The van der Waals surface area contributed by atoms with Gasteiger partial charge >= 0.3 is 0 Å². The molecular formula is C7H18N2. The fourth-order valence-corrected chi connectivity index (χ4v) is 1.47. The van der Waals surface area contributed by atoms with Crippen LogP contribution in [0.4, 0.5) is 0 Å². The summed E-state index contributed by atoms with van der Waals surface area (Å²) in [6, 6.07) is 0.801. The molecule has 9 heavy (non-hydrogen) atoms. The molecule has 0 spiro atoms. The molecule has 0 aromatic rings. The lowest BCUT2D eigenvalue weighted by Gasteiger charge is -2.18. The van der Waals surface area contributed by atoms with Gasteiger partial charge in [0.1, 0.15) is 0 Å². The number of hydrogen-bond donors (Lipinski definition) is 1. The summed E-state index contributed by atoms with van der Waals surface area (Å²) in [7, 11) is 4.22. The smallest absolute Gasteiger partial charge is 0.0217 e. The van der Waals surface area contributed by atoms with Crippen molar-refractivity contribution in [2.24, 2.45) is 0 Å². The van der Waals surface area contributed by atoms with Crippen LogP contribution in [-0.2, 0) is 0 Å². The minimum atomic E-state index is 0. The molecule has 56 valence electrons. The third-order valence-electron chi connectivity index (χ3n) is 2.11. The van der Waals surface area contributed by atoms with Gasteiger partial charge in [0.05, 0.1) is 0 Å². The maximum atomic E-state index is 3.20. The zero-order valence-corrected chi connectivity index (χ0v) is 6.35. The van der Waals surface area contributed by atoms with Crippen molar-refractivity contribution in [3.8, 4) is 0 Å². The Labute approximate surface area is 58.7 Å². The lowest BCUT2D eigenvalue weighted by Crippen LogP contribution is -2.33. The van der Waals surface area contributed by atoms with Crippen LogP contribution in [0.5, 0.6) is 0 Å². The lowest BCUT2D eigenvalue weighted by atomic mass is 10.2. The maximum absolute atomic E-state index is 3.20. The van der Waals surface area contributed by atoms with Crippen molar-refractivity contribution in [1.82, 2.24) is 10.2 Å². The summed E-state index contributed by atoms with van der Waals surface area (Å²) < 4.78 is 0. The molecule has 0 aliphatic carbocycles. The largest absolute Gasteiger partial charge is 0.318 e. The molecule has 1 N–H and O–H groups in total. The van der Waals surface area contributed by atoms with E-state index in [0.717, 1.165) is 12.6 Å². The second kappa shape index (κ2) is 3.18. The molecule has 1 unspecified atom stereocenters. The first-order valence-corrected chi connectivity index (χ1v) is 3.69. The van der Waals surface area contributed by atoms with Gasteiger partial charge < -0.3 is 10.2 Å². The van der Waals surface area contributed by atoms with Gasteiger partial charge in [0, 0.05) is 14.0 Å². The normalized spacial score (nSPS) is 29.3. The van der Waals surface area contributed by atoms with E-state index in [0.29, 0.717) is 0 Å². The summed E-state index contributed by atoms with van der Waals surface area (Å²) in [4.78, 5) is 2.43. The molecule has 1 rings (SSSR count). The summed E-state index contributed by atoms with van der Waals surface area (Å²) in [5, 5.41) is 3.20. The third kappa shape index (κ3) is 1.66. The van der Waals surface area contributed by atoms with Crippen LogP contribution >= 0.6 is 0 Å². The lowest BCUT2D eigenvalue weighted by molar-refractivity contribution is 0.305. The molecule has 0 aromatic heterocycles. The van der Waals surface area contributed by atoms with Gasteiger partial charge in [-0.25, -0.2) is 0 Å². The van der Waals surface area contributed by atoms with Crippen LogP contribution in [0.25, 0.3) is 0 Å². The van der Waals surface area contributed by atoms with Crippen molar-refractivity contribution >= 4 is 0 Å². The number of likely N-dealkylation sites (tertiary alicyclic amines) is 1. The van der Waals surface area contributed by atoms with Gasteiger partial charge in [-0.2, -0.15) is 0 Å². The molecule has 0 radical (unpaired) electrons. The predicted molar refractivity (Wildman–Crippen MR) is 41.7 cm³/mol. The molecule has 1 atom stereocenters. The van der Waals surface area contributed by atoms with E-state index in [-0.39, 0.29) is 1.43 Å². The van der Waals surface area contributed by atoms with Crippen LogP contribution in [-0.4, -0.2) is 38.1 Å². The highest BCUT2D eigenvalue weighted by molar-refractivity contribution is 4.77. The summed E-state index contributed by atoms with van der Waals surface area (Å²) in [6.07, 6.45) is 2.75. The fourth-order valence-electron chi connectivity index (χ4n) is 1.47. The Morgan fingerprint density at radius 2 is 2.56 bits per heavy atom. The van der Waals surface area contributed by atoms with E-state index < -0.39 is 0 Å². The second-order valence-corrected chi connectivity index (χ2v) is 2.83. The van der Waals surface area contributed by atoms with Gasteiger partial charge in [-0.05, 0) is 33.5 Å². The molecule has 1 aliphatic rings. The summed E-state index contributed by atoms with van der Waals surface area (Å²) >= 11 is 0. The van der Waals surface area contributed by atoms with Crippen molar-refractivity contribution < 1.29 is 1.43 Å². The Morgan fingerprint density at radius 3 is 3.00 bits per heavy atom. The van der Waals surface area contributed by atoms with E-state index in [1.54, 1.807) is 0 Å². The standard InChI is InChI=1S/C7H16N2.H2/c1-8-6-7-4-3-5-9(7)2;/h7-8H,3-6H2,1-2H3;1H. The average molecular weight is 130 g/mol. The number of nitrogens with one attached hydrogen (secondary N) is 1. The minimum Gasteiger partial charge on any atom is -0.318 e. The van der Waals surface area contributed by atoms with Gasteiger partial charge in [-0.15, -0.1) is 0 Å². The number of nitrogens with zero attached hydrogens (tertiary/aromatic N) is 1. The SMILES string of the molecule is CNCC1CCCN1C.[HH]. The maximum Gasteiger partial charge on any atom is 0.0217 e. The first-order valence-electron chi connectivity index (χ1n) is 3.69. The molecule has 1 heterocycles. The highest BCUT2D eigenvalue weighted by Gasteiger charge is 2.18. The van der Waals surface area contributed by atoms with E-state index >= 15 is 0 Å².